The molecule has 0 bridgehead atoms. The lowest BCUT2D eigenvalue weighted by Gasteiger charge is -2.32. The molecule has 1 aliphatic heterocycles. The SMILES string of the molecule is Clc1cnc(N2CCC(n3ncc4c(Oc5ccc(-n6cnnn6)cc5)ncnc43)CC2)nc1. The molecule has 1 aromatic carbocycles. The lowest BCUT2D eigenvalue weighted by molar-refractivity contribution is 0.372. The summed E-state index contributed by atoms with van der Waals surface area (Å²) in [6, 6.07) is 7.62. The van der Waals surface area contributed by atoms with Gasteiger partial charge in [-0.15, -0.1) is 5.10 Å². The Labute approximate surface area is 198 Å². The Bertz CT molecular complexity index is 1400. The van der Waals surface area contributed by atoms with Gasteiger partial charge in [0.25, 0.3) is 0 Å². The van der Waals surface area contributed by atoms with Crippen LogP contribution in [0.4, 0.5) is 5.95 Å². The largest absolute Gasteiger partial charge is 0.438 e. The highest BCUT2D eigenvalue weighted by Gasteiger charge is 2.25. The fourth-order valence-corrected chi connectivity index (χ4v) is 4.12. The first kappa shape index (κ1) is 20.4. The second-order valence-corrected chi connectivity index (χ2v) is 8.21. The lowest BCUT2D eigenvalue weighted by Crippen LogP contribution is -2.36. The van der Waals surface area contributed by atoms with Crippen molar-refractivity contribution in [2.45, 2.75) is 18.9 Å². The van der Waals surface area contributed by atoms with E-state index < -0.39 is 0 Å². The molecule has 1 aliphatic rings. The van der Waals surface area contributed by atoms with Crippen LogP contribution in [0, 0.1) is 0 Å². The van der Waals surface area contributed by atoms with Crippen molar-refractivity contribution in [2.24, 2.45) is 0 Å². The number of hydrogen-bond donors (Lipinski definition) is 0. The highest BCUT2D eigenvalue weighted by atomic mass is 35.5. The van der Waals surface area contributed by atoms with Gasteiger partial charge in [0.15, 0.2) is 5.65 Å². The molecule has 0 atom stereocenters. The van der Waals surface area contributed by atoms with Crippen molar-refractivity contribution in [1.29, 1.82) is 0 Å². The van der Waals surface area contributed by atoms with Gasteiger partial charge >= 0.3 is 0 Å². The summed E-state index contributed by atoms with van der Waals surface area (Å²) in [5, 5.41) is 17.1. The first-order valence-corrected chi connectivity index (χ1v) is 11.0. The number of aromatic nitrogens is 10. The Hall–Kier alpha value is -4.19. The topological polar surface area (TPSA) is 125 Å². The maximum atomic E-state index is 6.05. The Kier molecular flexibility index (Phi) is 5.18. The molecule has 0 radical (unpaired) electrons. The average Bonchev–Trinajstić information content (AvgIpc) is 3.56. The smallest absolute Gasteiger partial charge is 0.233 e. The van der Waals surface area contributed by atoms with Crippen LogP contribution in [0.1, 0.15) is 18.9 Å². The van der Waals surface area contributed by atoms with Crippen molar-refractivity contribution in [1.82, 2.24) is 49.9 Å². The highest BCUT2D eigenvalue weighted by molar-refractivity contribution is 6.30. The van der Waals surface area contributed by atoms with Gasteiger partial charge < -0.3 is 9.64 Å². The molecule has 12 nitrogen and oxygen atoms in total. The Morgan fingerprint density at radius 1 is 0.941 bits per heavy atom. The maximum Gasteiger partial charge on any atom is 0.233 e. The van der Waals surface area contributed by atoms with E-state index in [0.717, 1.165) is 42.7 Å². The van der Waals surface area contributed by atoms with Crippen LogP contribution in [0.25, 0.3) is 16.7 Å². The van der Waals surface area contributed by atoms with E-state index in [2.05, 4.69) is 45.5 Å². The second kappa shape index (κ2) is 8.63. The van der Waals surface area contributed by atoms with Crippen molar-refractivity contribution in [2.75, 3.05) is 18.0 Å². The summed E-state index contributed by atoms with van der Waals surface area (Å²) < 4.78 is 9.58. The van der Waals surface area contributed by atoms with E-state index in [1.165, 1.54) is 12.7 Å². The zero-order chi connectivity index (χ0) is 22.9. The van der Waals surface area contributed by atoms with E-state index in [1.807, 2.05) is 28.9 Å². The normalized spacial score (nSPS) is 14.6. The number of anilines is 1. The number of hydrogen-bond acceptors (Lipinski definition) is 10. The van der Waals surface area contributed by atoms with Crippen LogP contribution in [0.2, 0.25) is 5.02 Å². The quantitative estimate of drug-likeness (QED) is 0.374. The molecule has 34 heavy (non-hydrogen) atoms. The summed E-state index contributed by atoms with van der Waals surface area (Å²) in [6.45, 7) is 1.63. The molecule has 5 aromatic rings. The first-order valence-electron chi connectivity index (χ1n) is 10.7. The number of piperidine rings is 1. The van der Waals surface area contributed by atoms with Crippen LogP contribution < -0.4 is 9.64 Å². The number of benzene rings is 1. The van der Waals surface area contributed by atoms with E-state index in [-0.39, 0.29) is 6.04 Å². The third kappa shape index (κ3) is 3.88. The van der Waals surface area contributed by atoms with Crippen molar-refractivity contribution < 1.29 is 4.74 Å². The van der Waals surface area contributed by atoms with Gasteiger partial charge in [-0.3, -0.25) is 0 Å². The Morgan fingerprint density at radius 2 is 1.74 bits per heavy atom. The summed E-state index contributed by atoms with van der Waals surface area (Å²) in [6.07, 6.45) is 9.81. The van der Waals surface area contributed by atoms with Gasteiger partial charge in [0.05, 0.1) is 35.3 Å². The maximum absolute atomic E-state index is 6.05. The molecule has 0 aliphatic carbocycles. The summed E-state index contributed by atoms with van der Waals surface area (Å²) in [5.41, 5.74) is 1.57. The summed E-state index contributed by atoms with van der Waals surface area (Å²) in [7, 11) is 0. The monoisotopic (exact) mass is 475 g/mol. The third-order valence-corrected chi connectivity index (χ3v) is 5.91. The van der Waals surface area contributed by atoms with Crippen LogP contribution in [0.3, 0.4) is 0 Å². The summed E-state index contributed by atoms with van der Waals surface area (Å²) in [4.78, 5) is 19.6. The number of rotatable bonds is 5. The number of tetrazole rings is 1. The lowest BCUT2D eigenvalue weighted by atomic mass is 10.1. The molecule has 0 spiro atoms. The molecular weight excluding hydrogens is 458 g/mol. The number of ether oxygens (including phenoxy) is 1. The fraction of sp³-hybridized carbons (Fsp3) is 0.238. The van der Waals surface area contributed by atoms with Crippen molar-refractivity contribution in [3.63, 3.8) is 0 Å². The molecule has 13 heteroatoms. The van der Waals surface area contributed by atoms with Crippen molar-refractivity contribution in [3.05, 3.63) is 60.5 Å². The molecule has 6 rings (SSSR count). The fourth-order valence-electron chi connectivity index (χ4n) is 4.03. The van der Waals surface area contributed by atoms with Crippen molar-refractivity contribution in [3.8, 4) is 17.3 Å². The van der Waals surface area contributed by atoms with Gasteiger partial charge in [-0.05, 0) is 47.5 Å². The van der Waals surface area contributed by atoms with E-state index >= 15 is 0 Å². The highest BCUT2D eigenvalue weighted by Crippen LogP contribution is 2.31. The predicted octanol–water partition coefficient (Wildman–Crippen LogP) is 2.88. The van der Waals surface area contributed by atoms with Crippen molar-refractivity contribution >= 4 is 28.6 Å². The molecule has 0 amide bonds. The number of nitrogens with zero attached hydrogens (tertiary/aromatic N) is 11. The van der Waals surface area contributed by atoms with Gasteiger partial charge in [-0.1, -0.05) is 11.6 Å². The minimum absolute atomic E-state index is 0.208. The average molecular weight is 476 g/mol. The summed E-state index contributed by atoms with van der Waals surface area (Å²) >= 11 is 5.90. The van der Waals surface area contributed by atoms with Gasteiger partial charge in [-0.2, -0.15) is 5.10 Å². The number of fused-ring (bicyclic) bond motifs is 1. The molecular formula is C21H18ClN11O. The minimum atomic E-state index is 0.208. The zero-order valence-electron chi connectivity index (χ0n) is 17.8. The first-order chi connectivity index (χ1) is 16.7. The molecule has 4 aromatic heterocycles. The van der Waals surface area contributed by atoms with Gasteiger partial charge in [0.2, 0.25) is 11.8 Å². The minimum Gasteiger partial charge on any atom is -0.438 e. The van der Waals surface area contributed by atoms with E-state index in [1.54, 1.807) is 23.3 Å². The van der Waals surface area contributed by atoms with E-state index in [4.69, 9.17) is 16.3 Å². The molecule has 0 unspecified atom stereocenters. The number of halogens is 1. The second-order valence-electron chi connectivity index (χ2n) is 7.78. The van der Waals surface area contributed by atoms with Crippen LogP contribution in [-0.2, 0) is 0 Å². The molecule has 5 heterocycles. The molecule has 0 saturated carbocycles. The Balaban J connectivity index is 1.19. The van der Waals surface area contributed by atoms with Crippen LogP contribution in [0.5, 0.6) is 11.6 Å². The van der Waals surface area contributed by atoms with Crippen LogP contribution in [0.15, 0.2) is 55.5 Å². The molecule has 1 fully saturated rings. The van der Waals surface area contributed by atoms with Gasteiger partial charge in [0.1, 0.15) is 23.8 Å². The molecule has 0 N–H and O–H groups in total. The standard InChI is InChI=1S/C21H18ClN11O/c22-14-9-23-21(24-10-14)31-7-5-16(6-8-31)33-19-18(11-28-33)20(26-12-25-19)34-17-3-1-15(2-4-17)32-13-27-29-30-32/h1-4,9-13,16H,5-8H2. The Morgan fingerprint density at radius 3 is 2.47 bits per heavy atom. The van der Waals surface area contributed by atoms with Crippen LogP contribution >= 0.6 is 11.6 Å². The zero-order valence-corrected chi connectivity index (χ0v) is 18.6. The van der Waals surface area contributed by atoms with E-state index in [9.17, 15) is 0 Å². The van der Waals surface area contributed by atoms with Gasteiger partial charge in [-0.25, -0.2) is 29.3 Å². The summed E-state index contributed by atoms with van der Waals surface area (Å²) in [5.74, 6) is 1.79. The molecule has 1 saturated heterocycles. The molecule has 170 valence electrons. The van der Waals surface area contributed by atoms with Gasteiger partial charge in [0, 0.05) is 13.1 Å². The third-order valence-electron chi connectivity index (χ3n) is 5.72. The van der Waals surface area contributed by atoms with E-state index in [0.29, 0.717) is 22.6 Å². The van der Waals surface area contributed by atoms with Crippen LogP contribution in [-0.4, -0.2) is 63.0 Å². The predicted molar refractivity (Wildman–Crippen MR) is 122 cm³/mol.